The molecule has 2 aromatic rings. The zero-order valence-electron chi connectivity index (χ0n) is 14.7. The van der Waals surface area contributed by atoms with E-state index >= 15 is 0 Å². The standard InChI is InChI=1S/C20H23N3O2.ClH/c1-2-11-25-19-6-4-3-5-18(19)16-21-14-17-7-8-20(22-15-17)23-9-12-24-13-10-23;/h1,3-8,15,21H,9-14,16H2;1H. The molecule has 0 aliphatic carbocycles. The van der Waals surface area contributed by atoms with E-state index in [0.29, 0.717) is 6.54 Å². The molecule has 26 heavy (non-hydrogen) atoms. The minimum Gasteiger partial charge on any atom is -0.481 e. The second kappa shape index (κ2) is 10.7. The maximum absolute atomic E-state index is 5.57. The SMILES string of the molecule is C#CCOc1ccccc1CNCc1ccc(N2CCOCC2)nc1.Cl. The summed E-state index contributed by atoms with van der Waals surface area (Å²) in [7, 11) is 0. The zero-order valence-corrected chi connectivity index (χ0v) is 15.5. The number of halogens is 1. The molecule has 5 nitrogen and oxygen atoms in total. The molecule has 0 radical (unpaired) electrons. The molecule has 0 atom stereocenters. The predicted octanol–water partition coefficient (Wildman–Crippen LogP) is 2.64. The number of nitrogens with zero attached hydrogens (tertiary/aromatic N) is 2. The van der Waals surface area contributed by atoms with Crippen LogP contribution in [-0.4, -0.2) is 37.9 Å². The quantitative estimate of drug-likeness (QED) is 0.756. The van der Waals surface area contributed by atoms with Crippen LogP contribution in [0.4, 0.5) is 5.82 Å². The third kappa shape index (κ3) is 5.63. The van der Waals surface area contributed by atoms with Crippen LogP contribution in [-0.2, 0) is 17.8 Å². The molecule has 1 aromatic carbocycles. The molecule has 0 amide bonds. The fourth-order valence-corrected chi connectivity index (χ4v) is 2.75. The Hall–Kier alpha value is -2.26. The number of para-hydroxylation sites is 1. The van der Waals surface area contributed by atoms with Crippen molar-refractivity contribution < 1.29 is 9.47 Å². The maximum atomic E-state index is 5.57. The largest absolute Gasteiger partial charge is 0.481 e. The van der Waals surface area contributed by atoms with E-state index in [-0.39, 0.29) is 19.0 Å². The Morgan fingerprint density at radius 1 is 1.15 bits per heavy atom. The van der Waals surface area contributed by atoms with E-state index in [1.54, 1.807) is 0 Å². The molecule has 3 rings (SSSR count). The van der Waals surface area contributed by atoms with Crippen LogP contribution >= 0.6 is 12.4 Å². The number of rotatable bonds is 7. The first-order valence-corrected chi connectivity index (χ1v) is 8.49. The van der Waals surface area contributed by atoms with Crippen LogP contribution in [0.2, 0.25) is 0 Å². The van der Waals surface area contributed by atoms with Crippen molar-refractivity contribution >= 4 is 18.2 Å². The lowest BCUT2D eigenvalue weighted by Gasteiger charge is -2.27. The molecule has 1 N–H and O–H groups in total. The second-order valence-corrected chi connectivity index (χ2v) is 5.83. The highest BCUT2D eigenvalue weighted by molar-refractivity contribution is 5.85. The van der Waals surface area contributed by atoms with Crippen LogP contribution in [0, 0.1) is 12.3 Å². The lowest BCUT2D eigenvalue weighted by Crippen LogP contribution is -2.36. The van der Waals surface area contributed by atoms with Crippen molar-refractivity contribution in [3.05, 3.63) is 53.7 Å². The minimum atomic E-state index is 0. The molecular formula is C20H24ClN3O2. The van der Waals surface area contributed by atoms with Gasteiger partial charge in [0.25, 0.3) is 0 Å². The van der Waals surface area contributed by atoms with Gasteiger partial charge in [-0.1, -0.05) is 30.2 Å². The van der Waals surface area contributed by atoms with E-state index in [2.05, 4.69) is 33.3 Å². The van der Waals surface area contributed by atoms with Gasteiger partial charge in [-0.3, -0.25) is 0 Å². The number of nitrogens with one attached hydrogen (secondary N) is 1. The van der Waals surface area contributed by atoms with Gasteiger partial charge in [0.15, 0.2) is 0 Å². The first-order valence-electron chi connectivity index (χ1n) is 8.49. The normalized spacial score (nSPS) is 13.6. The highest BCUT2D eigenvalue weighted by atomic mass is 35.5. The Labute approximate surface area is 161 Å². The summed E-state index contributed by atoms with van der Waals surface area (Å²) in [5.74, 6) is 4.34. The topological polar surface area (TPSA) is 46.6 Å². The molecule has 0 saturated carbocycles. The fourth-order valence-electron chi connectivity index (χ4n) is 2.75. The van der Waals surface area contributed by atoms with Crippen molar-refractivity contribution in [1.82, 2.24) is 10.3 Å². The summed E-state index contributed by atoms with van der Waals surface area (Å²) in [5, 5.41) is 3.43. The van der Waals surface area contributed by atoms with E-state index in [1.807, 2.05) is 30.5 Å². The number of ether oxygens (including phenoxy) is 2. The second-order valence-electron chi connectivity index (χ2n) is 5.83. The van der Waals surface area contributed by atoms with E-state index < -0.39 is 0 Å². The van der Waals surface area contributed by atoms with E-state index in [1.165, 1.54) is 0 Å². The number of hydrogen-bond acceptors (Lipinski definition) is 5. The summed E-state index contributed by atoms with van der Waals surface area (Å²) in [6.07, 6.45) is 7.19. The molecular weight excluding hydrogens is 350 g/mol. The molecule has 6 heteroatoms. The van der Waals surface area contributed by atoms with Gasteiger partial charge in [-0.25, -0.2) is 4.98 Å². The molecule has 1 aromatic heterocycles. The van der Waals surface area contributed by atoms with E-state index in [0.717, 1.165) is 55.5 Å². The third-order valence-corrected chi connectivity index (χ3v) is 4.07. The summed E-state index contributed by atoms with van der Waals surface area (Å²) >= 11 is 0. The van der Waals surface area contributed by atoms with Crippen molar-refractivity contribution in [1.29, 1.82) is 0 Å². The van der Waals surface area contributed by atoms with Gasteiger partial charge in [-0.15, -0.1) is 18.8 Å². The summed E-state index contributed by atoms with van der Waals surface area (Å²) in [6, 6.07) is 12.1. The van der Waals surface area contributed by atoms with Gasteiger partial charge >= 0.3 is 0 Å². The van der Waals surface area contributed by atoms with Crippen molar-refractivity contribution in [2.24, 2.45) is 0 Å². The highest BCUT2D eigenvalue weighted by Gasteiger charge is 2.11. The van der Waals surface area contributed by atoms with Gasteiger partial charge in [-0.05, 0) is 17.7 Å². The lowest BCUT2D eigenvalue weighted by atomic mass is 10.2. The Balaban J connectivity index is 0.00000243. The van der Waals surface area contributed by atoms with E-state index in [4.69, 9.17) is 15.9 Å². The van der Waals surface area contributed by atoms with Crippen molar-refractivity contribution in [2.75, 3.05) is 37.8 Å². The Morgan fingerprint density at radius 3 is 2.69 bits per heavy atom. The highest BCUT2D eigenvalue weighted by Crippen LogP contribution is 2.18. The third-order valence-electron chi connectivity index (χ3n) is 4.07. The molecule has 2 heterocycles. The maximum Gasteiger partial charge on any atom is 0.148 e. The summed E-state index contributed by atoms with van der Waals surface area (Å²) in [5.41, 5.74) is 2.25. The van der Waals surface area contributed by atoms with Crippen LogP contribution in [0.25, 0.3) is 0 Å². The smallest absolute Gasteiger partial charge is 0.148 e. The molecule has 1 aliphatic rings. The average molecular weight is 374 g/mol. The van der Waals surface area contributed by atoms with Gasteiger partial charge in [-0.2, -0.15) is 0 Å². The van der Waals surface area contributed by atoms with Crippen LogP contribution < -0.4 is 15.0 Å². The minimum absolute atomic E-state index is 0. The van der Waals surface area contributed by atoms with Crippen LogP contribution in [0.1, 0.15) is 11.1 Å². The van der Waals surface area contributed by atoms with Gasteiger partial charge in [0.2, 0.25) is 0 Å². The fraction of sp³-hybridized carbons (Fsp3) is 0.350. The number of terminal acetylenes is 1. The Bertz CT molecular complexity index is 710. The van der Waals surface area contributed by atoms with Crippen molar-refractivity contribution in [3.8, 4) is 18.1 Å². The summed E-state index contributed by atoms with van der Waals surface area (Å²) in [4.78, 5) is 6.82. The van der Waals surface area contributed by atoms with Crippen molar-refractivity contribution in [3.63, 3.8) is 0 Å². The summed E-state index contributed by atoms with van der Waals surface area (Å²) in [6.45, 7) is 5.09. The number of pyridine rings is 1. The molecule has 1 aliphatic heterocycles. The molecule has 1 fully saturated rings. The Morgan fingerprint density at radius 2 is 1.96 bits per heavy atom. The number of benzene rings is 1. The number of aromatic nitrogens is 1. The first kappa shape index (κ1) is 20.1. The van der Waals surface area contributed by atoms with Gasteiger partial charge in [0, 0.05) is 37.9 Å². The molecule has 1 saturated heterocycles. The molecule has 138 valence electrons. The molecule has 0 spiro atoms. The van der Waals surface area contributed by atoms with Gasteiger partial charge in [0.05, 0.1) is 13.2 Å². The first-order chi connectivity index (χ1) is 12.4. The summed E-state index contributed by atoms with van der Waals surface area (Å²) < 4.78 is 10.9. The number of hydrogen-bond donors (Lipinski definition) is 1. The van der Waals surface area contributed by atoms with Gasteiger partial charge in [0.1, 0.15) is 18.2 Å². The molecule has 0 bridgehead atoms. The van der Waals surface area contributed by atoms with Crippen LogP contribution in [0.3, 0.4) is 0 Å². The number of morpholine rings is 1. The van der Waals surface area contributed by atoms with Crippen LogP contribution in [0.5, 0.6) is 5.75 Å². The van der Waals surface area contributed by atoms with Crippen molar-refractivity contribution in [2.45, 2.75) is 13.1 Å². The predicted molar refractivity (Wildman–Crippen MR) is 106 cm³/mol. The van der Waals surface area contributed by atoms with Crippen LogP contribution in [0.15, 0.2) is 42.6 Å². The average Bonchev–Trinajstić information content (AvgIpc) is 2.68. The molecule has 0 unspecified atom stereocenters. The van der Waals surface area contributed by atoms with Gasteiger partial charge < -0.3 is 19.7 Å². The number of anilines is 1. The zero-order chi connectivity index (χ0) is 17.3. The van der Waals surface area contributed by atoms with E-state index in [9.17, 15) is 0 Å². The lowest BCUT2D eigenvalue weighted by molar-refractivity contribution is 0.122. The Kier molecular flexibility index (Phi) is 8.23. The monoisotopic (exact) mass is 373 g/mol.